The lowest BCUT2D eigenvalue weighted by Crippen LogP contribution is -2.43. The third-order valence-electron chi connectivity index (χ3n) is 3.50. The summed E-state index contributed by atoms with van der Waals surface area (Å²) in [5.74, 6) is 0. The molecule has 0 saturated carbocycles. The van der Waals surface area contributed by atoms with Gasteiger partial charge >= 0.3 is 6.03 Å². The molecule has 4 heteroatoms. The first kappa shape index (κ1) is 15.5. The molecule has 1 atom stereocenters. The van der Waals surface area contributed by atoms with Gasteiger partial charge in [0.2, 0.25) is 0 Å². The van der Waals surface area contributed by atoms with Crippen molar-refractivity contribution in [2.45, 2.75) is 40.3 Å². The van der Waals surface area contributed by atoms with E-state index in [1.54, 1.807) is 7.05 Å². The van der Waals surface area contributed by atoms with Gasteiger partial charge in [-0.1, -0.05) is 17.7 Å². The van der Waals surface area contributed by atoms with Crippen LogP contribution in [-0.2, 0) is 6.54 Å². The van der Waals surface area contributed by atoms with Gasteiger partial charge in [-0.05, 0) is 44.4 Å². The highest BCUT2D eigenvalue weighted by Crippen LogP contribution is 2.16. The van der Waals surface area contributed by atoms with E-state index in [9.17, 15) is 4.79 Å². The molecule has 1 aromatic carbocycles. The quantitative estimate of drug-likeness (QED) is 0.875. The van der Waals surface area contributed by atoms with Crippen molar-refractivity contribution in [3.63, 3.8) is 0 Å². The number of amides is 2. The van der Waals surface area contributed by atoms with Crippen LogP contribution in [0.1, 0.15) is 29.2 Å². The summed E-state index contributed by atoms with van der Waals surface area (Å²) >= 11 is 0. The highest BCUT2D eigenvalue weighted by Gasteiger charge is 2.14. The van der Waals surface area contributed by atoms with Crippen LogP contribution in [0.4, 0.5) is 4.79 Å². The maximum absolute atomic E-state index is 11.9. The van der Waals surface area contributed by atoms with Gasteiger partial charge in [-0.25, -0.2) is 4.79 Å². The fraction of sp³-hybridized carbons (Fsp3) is 0.533. The average molecular weight is 264 g/mol. The fourth-order valence-corrected chi connectivity index (χ4v) is 2.10. The van der Waals surface area contributed by atoms with Crippen LogP contribution in [0.25, 0.3) is 0 Å². The summed E-state index contributed by atoms with van der Waals surface area (Å²) in [6.07, 6.45) is 0. The van der Waals surface area contributed by atoms with E-state index in [1.807, 2.05) is 6.92 Å². The third-order valence-corrected chi connectivity index (χ3v) is 3.50. The molecule has 0 heterocycles. The molecule has 1 aromatic rings. The number of carbonyl (C=O) groups excluding carboxylic acids is 1. The van der Waals surface area contributed by atoms with Gasteiger partial charge in [0.15, 0.2) is 0 Å². The second kappa shape index (κ2) is 6.57. The highest BCUT2D eigenvalue weighted by molar-refractivity contribution is 5.74. The SMILES string of the molecule is Cc1cc(C)c(CNC(=O)N(C)C(C)CO)c(C)c1. The number of aryl methyl sites for hydroxylation is 3. The van der Waals surface area contributed by atoms with Gasteiger partial charge in [-0.3, -0.25) is 0 Å². The van der Waals surface area contributed by atoms with E-state index in [0.29, 0.717) is 6.54 Å². The van der Waals surface area contributed by atoms with E-state index in [0.717, 1.165) is 5.56 Å². The number of hydrogen-bond acceptors (Lipinski definition) is 2. The Hall–Kier alpha value is -1.55. The average Bonchev–Trinajstić information content (AvgIpc) is 2.35. The standard InChI is InChI=1S/C15H24N2O2/c1-10-6-11(2)14(12(3)7-10)8-16-15(19)17(5)13(4)9-18/h6-7,13,18H,8-9H2,1-5H3,(H,16,19). The summed E-state index contributed by atoms with van der Waals surface area (Å²) in [6, 6.07) is 3.89. The Labute approximate surface area is 115 Å². The van der Waals surface area contributed by atoms with Gasteiger partial charge in [0.1, 0.15) is 0 Å². The minimum Gasteiger partial charge on any atom is -0.394 e. The molecule has 0 bridgehead atoms. The lowest BCUT2D eigenvalue weighted by atomic mass is 10.00. The Morgan fingerprint density at radius 3 is 2.32 bits per heavy atom. The third kappa shape index (κ3) is 3.96. The summed E-state index contributed by atoms with van der Waals surface area (Å²) in [5.41, 5.74) is 4.77. The van der Waals surface area contributed by atoms with Gasteiger partial charge in [-0.2, -0.15) is 0 Å². The van der Waals surface area contributed by atoms with E-state index in [2.05, 4.69) is 38.2 Å². The molecular formula is C15H24N2O2. The normalized spacial score (nSPS) is 12.1. The van der Waals surface area contributed by atoms with Crippen LogP contribution in [-0.4, -0.2) is 35.7 Å². The van der Waals surface area contributed by atoms with Gasteiger partial charge in [0.05, 0.1) is 12.6 Å². The van der Waals surface area contributed by atoms with Crippen molar-refractivity contribution in [1.29, 1.82) is 0 Å². The summed E-state index contributed by atoms with van der Waals surface area (Å²) in [4.78, 5) is 13.4. The van der Waals surface area contributed by atoms with Crippen molar-refractivity contribution in [3.05, 3.63) is 34.4 Å². The molecule has 0 saturated heterocycles. The van der Waals surface area contributed by atoms with Crippen molar-refractivity contribution in [2.24, 2.45) is 0 Å². The predicted molar refractivity (Wildman–Crippen MR) is 77.2 cm³/mol. The Morgan fingerprint density at radius 1 is 1.32 bits per heavy atom. The zero-order valence-corrected chi connectivity index (χ0v) is 12.4. The Kier molecular flexibility index (Phi) is 5.36. The number of nitrogens with zero attached hydrogens (tertiary/aromatic N) is 1. The first-order chi connectivity index (χ1) is 8.86. The topological polar surface area (TPSA) is 52.6 Å². The van der Waals surface area contributed by atoms with Crippen molar-refractivity contribution < 1.29 is 9.90 Å². The summed E-state index contributed by atoms with van der Waals surface area (Å²) < 4.78 is 0. The summed E-state index contributed by atoms with van der Waals surface area (Å²) in [7, 11) is 1.69. The molecule has 0 aliphatic heterocycles. The van der Waals surface area contributed by atoms with Crippen molar-refractivity contribution in [1.82, 2.24) is 10.2 Å². The molecule has 1 rings (SSSR count). The second-order valence-corrected chi connectivity index (χ2v) is 5.18. The number of nitrogens with one attached hydrogen (secondary N) is 1. The first-order valence-corrected chi connectivity index (χ1v) is 6.55. The summed E-state index contributed by atoms with van der Waals surface area (Å²) in [6.45, 7) is 8.47. The number of aliphatic hydroxyl groups is 1. The van der Waals surface area contributed by atoms with Crippen LogP contribution < -0.4 is 5.32 Å². The van der Waals surface area contributed by atoms with Crippen LogP contribution >= 0.6 is 0 Å². The van der Waals surface area contributed by atoms with E-state index in [1.165, 1.54) is 21.6 Å². The molecule has 4 nitrogen and oxygen atoms in total. The maximum atomic E-state index is 11.9. The van der Waals surface area contributed by atoms with Crippen molar-refractivity contribution in [2.75, 3.05) is 13.7 Å². The zero-order valence-electron chi connectivity index (χ0n) is 12.4. The van der Waals surface area contributed by atoms with Crippen LogP contribution in [0.3, 0.4) is 0 Å². The second-order valence-electron chi connectivity index (χ2n) is 5.18. The molecule has 0 aromatic heterocycles. The molecule has 0 spiro atoms. The molecular weight excluding hydrogens is 240 g/mol. The highest BCUT2D eigenvalue weighted by atomic mass is 16.3. The lowest BCUT2D eigenvalue weighted by Gasteiger charge is -2.24. The van der Waals surface area contributed by atoms with E-state index in [4.69, 9.17) is 5.11 Å². The number of urea groups is 1. The van der Waals surface area contributed by atoms with Crippen molar-refractivity contribution in [3.8, 4) is 0 Å². The van der Waals surface area contributed by atoms with Gasteiger partial charge < -0.3 is 15.3 Å². The number of rotatable bonds is 4. The van der Waals surface area contributed by atoms with E-state index >= 15 is 0 Å². The maximum Gasteiger partial charge on any atom is 0.317 e. The Bertz CT molecular complexity index is 434. The number of likely N-dealkylation sites (N-methyl/N-ethyl adjacent to an activating group) is 1. The molecule has 1 unspecified atom stereocenters. The van der Waals surface area contributed by atoms with Gasteiger partial charge in [-0.15, -0.1) is 0 Å². The molecule has 0 radical (unpaired) electrons. The zero-order chi connectivity index (χ0) is 14.6. The summed E-state index contributed by atoms with van der Waals surface area (Å²) in [5, 5.41) is 11.9. The monoisotopic (exact) mass is 264 g/mol. The predicted octanol–water partition coefficient (Wildman–Crippen LogP) is 2.13. The van der Waals surface area contributed by atoms with Gasteiger partial charge in [0.25, 0.3) is 0 Å². The van der Waals surface area contributed by atoms with Gasteiger partial charge in [0, 0.05) is 13.6 Å². The molecule has 2 amide bonds. The minimum absolute atomic E-state index is 0.0352. The number of hydrogen-bond donors (Lipinski definition) is 2. The number of benzene rings is 1. The van der Waals surface area contributed by atoms with E-state index in [-0.39, 0.29) is 18.7 Å². The Balaban J connectivity index is 2.70. The smallest absolute Gasteiger partial charge is 0.317 e. The minimum atomic E-state index is -0.180. The molecule has 19 heavy (non-hydrogen) atoms. The molecule has 2 N–H and O–H groups in total. The number of aliphatic hydroxyl groups excluding tert-OH is 1. The molecule has 0 aliphatic carbocycles. The van der Waals surface area contributed by atoms with Crippen LogP contribution in [0, 0.1) is 20.8 Å². The molecule has 0 aliphatic rings. The largest absolute Gasteiger partial charge is 0.394 e. The van der Waals surface area contributed by atoms with Crippen LogP contribution in [0.2, 0.25) is 0 Å². The first-order valence-electron chi connectivity index (χ1n) is 6.55. The van der Waals surface area contributed by atoms with Crippen LogP contribution in [0.15, 0.2) is 12.1 Å². The van der Waals surface area contributed by atoms with Crippen LogP contribution in [0.5, 0.6) is 0 Å². The fourth-order valence-electron chi connectivity index (χ4n) is 2.10. The number of carbonyl (C=O) groups is 1. The molecule has 0 fully saturated rings. The Morgan fingerprint density at radius 2 is 1.84 bits per heavy atom. The van der Waals surface area contributed by atoms with Crippen molar-refractivity contribution >= 4 is 6.03 Å². The lowest BCUT2D eigenvalue weighted by molar-refractivity contribution is 0.157. The molecule has 106 valence electrons. The van der Waals surface area contributed by atoms with E-state index < -0.39 is 0 Å².